The molecule has 3 heterocycles. The monoisotopic (exact) mass is 323 g/mol. The molecule has 0 spiro atoms. The Balaban J connectivity index is 1.89. The molecule has 0 radical (unpaired) electrons. The minimum atomic E-state index is 0.00838. The minimum Gasteiger partial charge on any atom is -0.361 e. The first kappa shape index (κ1) is 14.6. The number of carbonyl (C=O) groups is 1. The second-order valence-electron chi connectivity index (χ2n) is 5.10. The highest BCUT2D eigenvalue weighted by molar-refractivity contribution is 8.00. The molecule has 1 atom stereocenters. The van der Waals surface area contributed by atoms with E-state index < -0.39 is 0 Å². The second kappa shape index (κ2) is 5.81. The van der Waals surface area contributed by atoms with Gasteiger partial charge in [0.05, 0.1) is 11.7 Å². The van der Waals surface area contributed by atoms with E-state index in [9.17, 15) is 4.79 Å². The first-order valence-corrected chi connectivity index (χ1v) is 8.95. The molecule has 1 saturated heterocycles. The summed E-state index contributed by atoms with van der Waals surface area (Å²) in [5.41, 5.74) is 2.48. The summed E-state index contributed by atoms with van der Waals surface area (Å²) in [7, 11) is 0. The van der Waals surface area contributed by atoms with E-state index in [0.29, 0.717) is 5.69 Å². The fourth-order valence-corrected chi connectivity index (χ4v) is 4.11. The number of likely N-dealkylation sites (tertiary alicyclic amines) is 1. The van der Waals surface area contributed by atoms with E-state index in [-0.39, 0.29) is 11.9 Å². The van der Waals surface area contributed by atoms with Crippen LogP contribution in [0.1, 0.15) is 46.4 Å². The average molecular weight is 323 g/mol. The molecule has 1 fully saturated rings. The molecule has 1 amide bonds. The Morgan fingerprint density at radius 2 is 2.33 bits per heavy atom. The van der Waals surface area contributed by atoms with Crippen LogP contribution in [0.5, 0.6) is 0 Å². The molecule has 1 unspecified atom stereocenters. The molecule has 112 valence electrons. The van der Waals surface area contributed by atoms with E-state index in [1.165, 1.54) is 11.3 Å². The summed E-state index contributed by atoms with van der Waals surface area (Å²) in [5.74, 6) is 0.814. The van der Waals surface area contributed by atoms with Gasteiger partial charge in [-0.25, -0.2) is 4.98 Å². The van der Waals surface area contributed by atoms with Crippen LogP contribution in [-0.2, 0) is 0 Å². The molecular weight excluding hydrogens is 306 g/mol. The maximum atomic E-state index is 12.7. The van der Waals surface area contributed by atoms with Crippen molar-refractivity contribution in [1.82, 2.24) is 15.0 Å². The Hall–Kier alpha value is -1.34. The highest BCUT2D eigenvalue weighted by Crippen LogP contribution is 2.36. The summed E-state index contributed by atoms with van der Waals surface area (Å²) >= 11 is 3.08. The van der Waals surface area contributed by atoms with Crippen LogP contribution >= 0.6 is 23.1 Å². The fourth-order valence-electron chi connectivity index (χ4n) is 2.87. The van der Waals surface area contributed by atoms with Gasteiger partial charge in [-0.3, -0.25) is 4.79 Å². The van der Waals surface area contributed by atoms with Crippen LogP contribution in [0.3, 0.4) is 0 Å². The van der Waals surface area contributed by atoms with Crippen molar-refractivity contribution in [3.8, 4) is 0 Å². The van der Waals surface area contributed by atoms with Crippen molar-refractivity contribution in [2.24, 2.45) is 0 Å². The molecule has 7 heteroatoms. The number of aryl methyl sites for hydroxylation is 2. The Kier molecular flexibility index (Phi) is 4.03. The normalized spacial score (nSPS) is 18.4. The second-order valence-corrected chi connectivity index (χ2v) is 7.01. The first-order valence-electron chi connectivity index (χ1n) is 6.85. The summed E-state index contributed by atoms with van der Waals surface area (Å²) in [4.78, 5) is 19.0. The van der Waals surface area contributed by atoms with Gasteiger partial charge in [-0.15, -0.1) is 11.3 Å². The molecule has 2 aromatic rings. The van der Waals surface area contributed by atoms with Crippen LogP contribution in [0.2, 0.25) is 0 Å². The Bertz CT molecular complexity index is 645. The molecular formula is C14H17N3O2S2. The van der Waals surface area contributed by atoms with Gasteiger partial charge in [-0.05, 0) is 32.9 Å². The zero-order valence-corrected chi connectivity index (χ0v) is 13.9. The molecule has 0 aromatic carbocycles. The lowest BCUT2D eigenvalue weighted by molar-refractivity contribution is 0.0729. The van der Waals surface area contributed by atoms with Crippen LogP contribution < -0.4 is 0 Å². The van der Waals surface area contributed by atoms with Crippen molar-refractivity contribution in [2.45, 2.75) is 37.1 Å². The van der Waals surface area contributed by atoms with E-state index in [2.05, 4.69) is 10.1 Å². The van der Waals surface area contributed by atoms with E-state index in [4.69, 9.17) is 4.52 Å². The summed E-state index contributed by atoms with van der Waals surface area (Å²) in [5, 5.41) is 5.86. The van der Waals surface area contributed by atoms with Crippen molar-refractivity contribution in [3.05, 3.63) is 28.1 Å². The van der Waals surface area contributed by atoms with Gasteiger partial charge in [0.25, 0.3) is 5.91 Å². The number of aromatic nitrogens is 2. The third kappa shape index (κ3) is 2.60. The topological polar surface area (TPSA) is 59.2 Å². The van der Waals surface area contributed by atoms with Crippen molar-refractivity contribution in [2.75, 3.05) is 12.8 Å². The number of rotatable bonds is 3. The Morgan fingerprint density at radius 3 is 2.95 bits per heavy atom. The van der Waals surface area contributed by atoms with Gasteiger partial charge in [0.15, 0.2) is 0 Å². The van der Waals surface area contributed by atoms with Gasteiger partial charge in [0.2, 0.25) is 0 Å². The largest absolute Gasteiger partial charge is 0.361 e. The van der Waals surface area contributed by atoms with Crippen LogP contribution in [0.25, 0.3) is 0 Å². The molecule has 0 bridgehead atoms. The Morgan fingerprint density at radius 1 is 1.52 bits per heavy atom. The van der Waals surface area contributed by atoms with Crippen LogP contribution in [0.15, 0.2) is 14.2 Å². The number of thiazole rings is 1. The van der Waals surface area contributed by atoms with Crippen LogP contribution in [-0.4, -0.2) is 33.7 Å². The zero-order valence-electron chi connectivity index (χ0n) is 12.3. The molecule has 0 N–H and O–H groups in total. The lowest BCUT2D eigenvalue weighted by atomic mass is 10.0. The van der Waals surface area contributed by atoms with Crippen molar-refractivity contribution in [1.29, 1.82) is 0 Å². The van der Waals surface area contributed by atoms with Crippen molar-refractivity contribution < 1.29 is 9.32 Å². The molecule has 0 aliphatic carbocycles. The summed E-state index contributed by atoms with van der Waals surface area (Å²) < 4.78 is 6.18. The first-order chi connectivity index (χ1) is 10.1. The highest BCUT2D eigenvalue weighted by atomic mass is 32.2. The van der Waals surface area contributed by atoms with Crippen LogP contribution in [0.4, 0.5) is 0 Å². The quantitative estimate of drug-likeness (QED) is 0.810. The summed E-state index contributed by atoms with van der Waals surface area (Å²) in [6.45, 7) is 4.60. The standard InChI is InChI=1S/C14H17N3O2S2/c1-8-12(9(2)19-16-8)11-5-4-6-17(11)13(18)10-7-21-14(15-10)20-3/h7,11H,4-6H2,1-3H3. The number of hydrogen-bond donors (Lipinski definition) is 0. The van der Waals surface area contributed by atoms with Gasteiger partial charge in [-0.2, -0.15) is 0 Å². The van der Waals surface area contributed by atoms with Gasteiger partial charge < -0.3 is 9.42 Å². The fraction of sp³-hybridized carbons (Fsp3) is 0.500. The zero-order chi connectivity index (χ0) is 15.0. The van der Waals surface area contributed by atoms with Gasteiger partial charge in [0, 0.05) is 17.5 Å². The predicted molar refractivity (Wildman–Crippen MR) is 82.9 cm³/mol. The van der Waals surface area contributed by atoms with Crippen molar-refractivity contribution >= 4 is 29.0 Å². The lowest BCUT2D eigenvalue weighted by Crippen LogP contribution is -2.31. The number of carbonyl (C=O) groups excluding carboxylic acids is 1. The Labute approximate surface area is 131 Å². The van der Waals surface area contributed by atoms with E-state index in [0.717, 1.165) is 40.7 Å². The van der Waals surface area contributed by atoms with E-state index >= 15 is 0 Å². The van der Waals surface area contributed by atoms with Gasteiger partial charge in [0.1, 0.15) is 15.8 Å². The molecule has 3 rings (SSSR count). The van der Waals surface area contributed by atoms with E-state index in [1.807, 2.05) is 30.4 Å². The number of hydrogen-bond acceptors (Lipinski definition) is 6. The molecule has 1 aliphatic heterocycles. The van der Waals surface area contributed by atoms with Gasteiger partial charge >= 0.3 is 0 Å². The third-order valence-electron chi connectivity index (χ3n) is 3.81. The molecule has 2 aromatic heterocycles. The smallest absolute Gasteiger partial charge is 0.273 e. The third-order valence-corrected chi connectivity index (χ3v) is 5.68. The molecule has 5 nitrogen and oxygen atoms in total. The number of nitrogens with zero attached hydrogens (tertiary/aromatic N) is 3. The predicted octanol–water partition coefficient (Wildman–Crippen LogP) is 3.45. The van der Waals surface area contributed by atoms with Gasteiger partial charge in [-0.1, -0.05) is 16.9 Å². The summed E-state index contributed by atoms with van der Waals surface area (Å²) in [6, 6.07) is 0.0585. The lowest BCUT2D eigenvalue weighted by Gasteiger charge is -2.23. The minimum absolute atomic E-state index is 0.00838. The number of thioether (sulfide) groups is 1. The highest BCUT2D eigenvalue weighted by Gasteiger charge is 2.35. The maximum absolute atomic E-state index is 12.7. The molecule has 0 saturated carbocycles. The SMILES string of the molecule is CSc1nc(C(=O)N2CCCC2c2c(C)noc2C)cs1. The van der Waals surface area contributed by atoms with Crippen molar-refractivity contribution in [3.63, 3.8) is 0 Å². The average Bonchev–Trinajstić information content (AvgIpc) is 3.18. The number of amides is 1. The molecule has 1 aliphatic rings. The summed E-state index contributed by atoms with van der Waals surface area (Å²) in [6.07, 6.45) is 3.92. The van der Waals surface area contributed by atoms with Crippen LogP contribution in [0, 0.1) is 13.8 Å². The van der Waals surface area contributed by atoms with E-state index in [1.54, 1.807) is 11.8 Å². The maximum Gasteiger partial charge on any atom is 0.273 e. The molecule has 21 heavy (non-hydrogen) atoms.